The summed E-state index contributed by atoms with van der Waals surface area (Å²) in [5, 5.41) is 10.7. The van der Waals surface area contributed by atoms with E-state index in [1.807, 2.05) is 74.3 Å². The highest BCUT2D eigenvalue weighted by atomic mass is 32.2. The summed E-state index contributed by atoms with van der Waals surface area (Å²) in [6, 6.07) is 15.5. The molecule has 0 aliphatic carbocycles. The number of anilines is 1. The highest BCUT2D eigenvalue weighted by molar-refractivity contribution is 7.98. The van der Waals surface area contributed by atoms with Crippen molar-refractivity contribution in [3.63, 3.8) is 0 Å². The molecule has 0 aliphatic rings. The minimum atomic E-state index is -0.190. The molecule has 0 spiro atoms. The minimum Gasteiger partial charge on any atom is -0.326 e. The van der Waals surface area contributed by atoms with Gasteiger partial charge < -0.3 is 5.32 Å². The number of benzene rings is 2. The number of aliphatic imine (C=N–C) groups is 1. The largest absolute Gasteiger partial charge is 0.326 e. The lowest BCUT2D eigenvalue weighted by Gasteiger charge is -2.13. The number of amides is 1. The fourth-order valence-corrected chi connectivity index (χ4v) is 3.83. The van der Waals surface area contributed by atoms with E-state index in [9.17, 15) is 4.79 Å². The molecular formula is C24H29N5OS. The normalized spacial score (nSPS) is 11.5. The van der Waals surface area contributed by atoms with Gasteiger partial charge in [0.15, 0.2) is 0 Å². The Morgan fingerprint density at radius 1 is 1.13 bits per heavy atom. The summed E-state index contributed by atoms with van der Waals surface area (Å²) in [5.41, 5.74) is 5.87. The number of rotatable bonds is 6. The molecule has 0 fully saturated rings. The first-order valence-corrected chi connectivity index (χ1v) is 11.4. The summed E-state index contributed by atoms with van der Waals surface area (Å²) in [6.07, 6.45) is 2.79. The van der Waals surface area contributed by atoms with Crippen LogP contribution in [0.2, 0.25) is 0 Å². The first kappa shape index (κ1) is 22.6. The molecular weight excluding hydrogens is 406 g/mol. The van der Waals surface area contributed by atoms with Gasteiger partial charge in [-0.05, 0) is 69.3 Å². The number of thioether (sulfide) groups is 1. The zero-order chi connectivity index (χ0) is 22.4. The van der Waals surface area contributed by atoms with Crippen LogP contribution < -0.4 is 10.6 Å². The maximum Gasteiger partial charge on any atom is 0.257 e. The Hall–Kier alpha value is -3.06. The second kappa shape index (κ2) is 10.3. The van der Waals surface area contributed by atoms with Crippen LogP contribution in [0.15, 0.2) is 58.4 Å². The topological polar surface area (TPSA) is 71.3 Å². The quantitative estimate of drug-likeness (QED) is 0.340. The molecule has 2 aromatic carbocycles. The van der Waals surface area contributed by atoms with Crippen molar-refractivity contribution in [3.8, 4) is 0 Å². The van der Waals surface area contributed by atoms with Crippen LogP contribution in [0.1, 0.15) is 32.9 Å². The Bertz CT molecular complexity index is 1100. The Morgan fingerprint density at radius 3 is 2.58 bits per heavy atom. The van der Waals surface area contributed by atoms with Crippen molar-refractivity contribution in [2.24, 2.45) is 12.0 Å². The van der Waals surface area contributed by atoms with E-state index in [0.29, 0.717) is 18.1 Å². The van der Waals surface area contributed by atoms with Gasteiger partial charge in [0, 0.05) is 35.4 Å². The number of hydrogen-bond donors (Lipinski definition) is 2. The number of nitrogens with zero attached hydrogens (tertiary/aromatic N) is 3. The molecule has 3 aromatic rings. The Labute approximate surface area is 188 Å². The van der Waals surface area contributed by atoms with Crippen LogP contribution in [0.3, 0.4) is 0 Å². The third-order valence-electron chi connectivity index (χ3n) is 5.14. The highest BCUT2D eigenvalue weighted by Crippen LogP contribution is 2.19. The number of guanidine groups is 1. The Morgan fingerprint density at radius 2 is 1.90 bits per heavy atom. The predicted octanol–water partition coefficient (Wildman–Crippen LogP) is 4.51. The van der Waals surface area contributed by atoms with E-state index in [2.05, 4.69) is 27.6 Å². The lowest BCUT2D eigenvalue weighted by molar-refractivity contribution is 0.0977. The smallest absolute Gasteiger partial charge is 0.257 e. The van der Waals surface area contributed by atoms with Gasteiger partial charge in [0.25, 0.3) is 5.91 Å². The lowest BCUT2D eigenvalue weighted by atomic mass is 10.1. The van der Waals surface area contributed by atoms with E-state index in [4.69, 9.17) is 0 Å². The molecule has 0 atom stereocenters. The number of carbonyl (C=O) groups excluding carboxylic acids is 1. The zero-order valence-electron chi connectivity index (χ0n) is 18.7. The highest BCUT2D eigenvalue weighted by Gasteiger charge is 2.12. The standard InChI is InChI=1S/C24H29N5OS/c1-16-8-6-9-19(14-16)23(30)27-24(26-20-10-7-11-21(15-20)31-5)25-13-12-22-17(2)28-29(4)18(22)3/h6-11,14-15H,12-13H2,1-5H3,(H2,25,26,27,30). The molecule has 162 valence electrons. The van der Waals surface area contributed by atoms with E-state index in [-0.39, 0.29) is 5.91 Å². The summed E-state index contributed by atoms with van der Waals surface area (Å²) in [4.78, 5) is 18.6. The van der Waals surface area contributed by atoms with Crippen molar-refractivity contribution in [1.82, 2.24) is 15.1 Å². The molecule has 0 bridgehead atoms. The predicted molar refractivity (Wildman–Crippen MR) is 129 cm³/mol. The SMILES string of the molecule is CSc1cccc(NC(=NCCc2c(C)nn(C)c2C)NC(=O)c2cccc(C)c2)c1. The van der Waals surface area contributed by atoms with Gasteiger partial charge in [-0.1, -0.05) is 23.8 Å². The van der Waals surface area contributed by atoms with E-state index in [1.54, 1.807) is 17.8 Å². The molecule has 0 aliphatic heterocycles. The lowest BCUT2D eigenvalue weighted by Crippen LogP contribution is -2.36. The van der Waals surface area contributed by atoms with E-state index in [1.165, 1.54) is 5.56 Å². The minimum absolute atomic E-state index is 0.190. The molecule has 31 heavy (non-hydrogen) atoms. The number of nitrogens with one attached hydrogen (secondary N) is 2. The fourth-order valence-electron chi connectivity index (χ4n) is 3.37. The monoisotopic (exact) mass is 435 g/mol. The number of aromatic nitrogens is 2. The molecule has 1 amide bonds. The van der Waals surface area contributed by atoms with Gasteiger partial charge in [0.2, 0.25) is 5.96 Å². The van der Waals surface area contributed by atoms with Gasteiger partial charge in [0.05, 0.1) is 5.69 Å². The first-order chi connectivity index (χ1) is 14.9. The summed E-state index contributed by atoms with van der Waals surface area (Å²) >= 11 is 1.67. The first-order valence-electron chi connectivity index (χ1n) is 10.2. The van der Waals surface area contributed by atoms with Crippen LogP contribution in [0.4, 0.5) is 5.69 Å². The maximum atomic E-state index is 12.8. The van der Waals surface area contributed by atoms with Gasteiger partial charge >= 0.3 is 0 Å². The van der Waals surface area contributed by atoms with Crippen molar-refractivity contribution < 1.29 is 4.79 Å². The van der Waals surface area contributed by atoms with Gasteiger partial charge in [-0.15, -0.1) is 11.8 Å². The molecule has 0 saturated heterocycles. The Balaban J connectivity index is 1.80. The molecule has 2 N–H and O–H groups in total. The van der Waals surface area contributed by atoms with Gasteiger partial charge in [-0.2, -0.15) is 5.10 Å². The van der Waals surface area contributed by atoms with Crippen molar-refractivity contribution in [2.75, 3.05) is 18.1 Å². The second-order valence-corrected chi connectivity index (χ2v) is 8.31. The molecule has 3 rings (SSSR count). The van der Waals surface area contributed by atoms with Crippen molar-refractivity contribution in [3.05, 3.63) is 76.6 Å². The average Bonchev–Trinajstić information content (AvgIpc) is 2.99. The van der Waals surface area contributed by atoms with Gasteiger partial charge in [0.1, 0.15) is 0 Å². The summed E-state index contributed by atoms with van der Waals surface area (Å²) in [7, 11) is 1.95. The van der Waals surface area contributed by atoms with Crippen molar-refractivity contribution >= 4 is 29.3 Å². The number of aryl methyl sites for hydroxylation is 3. The van der Waals surface area contributed by atoms with Gasteiger partial charge in [-0.3, -0.25) is 19.8 Å². The summed E-state index contributed by atoms with van der Waals surface area (Å²) < 4.78 is 1.89. The van der Waals surface area contributed by atoms with E-state index < -0.39 is 0 Å². The molecule has 1 heterocycles. The fraction of sp³-hybridized carbons (Fsp3) is 0.292. The molecule has 1 aromatic heterocycles. The molecule has 7 heteroatoms. The van der Waals surface area contributed by atoms with Crippen molar-refractivity contribution in [2.45, 2.75) is 32.1 Å². The zero-order valence-corrected chi connectivity index (χ0v) is 19.5. The number of carbonyl (C=O) groups is 1. The van der Waals surface area contributed by atoms with Crippen molar-refractivity contribution in [1.29, 1.82) is 0 Å². The third kappa shape index (κ3) is 5.98. The van der Waals surface area contributed by atoms with Crippen LogP contribution in [-0.2, 0) is 13.5 Å². The molecule has 6 nitrogen and oxygen atoms in total. The van der Waals surface area contributed by atoms with Gasteiger partial charge in [-0.25, -0.2) is 0 Å². The maximum absolute atomic E-state index is 12.8. The van der Waals surface area contributed by atoms with E-state index in [0.717, 1.165) is 34.0 Å². The second-order valence-electron chi connectivity index (χ2n) is 7.43. The third-order valence-corrected chi connectivity index (χ3v) is 5.86. The van der Waals surface area contributed by atoms with Crippen LogP contribution in [0, 0.1) is 20.8 Å². The van der Waals surface area contributed by atoms with Crippen LogP contribution in [0.5, 0.6) is 0 Å². The van der Waals surface area contributed by atoms with Crippen LogP contribution in [-0.4, -0.2) is 34.4 Å². The molecule has 0 unspecified atom stereocenters. The summed E-state index contributed by atoms with van der Waals surface area (Å²) in [5.74, 6) is 0.244. The van der Waals surface area contributed by atoms with Crippen LogP contribution >= 0.6 is 11.8 Å². The van der Waals surface area contributed by atoms with Crippen LogP contribution in [0.25, 0.3) is 0 Å². The molecule has 0 radical (unpaired) electrons. The molecule has 0 saturated carbocycles. The average molecular weight is 436 g/mol. The number of hydrogen-bond acceptors (Lipinski definition) is 4. The van der Waals surface area contributed by atoms with E-state index >= 15 is 0 Å². The Kier molecular flexibility index (Phi) is 7.52. The summed E-state index contributed by atoms with van der Waals surface area (Å²) in [6.45, 7) is 6.58.